The maximum absolute atomic E-state index is 12.3. The maximum atomic E-state index is 12.3. The van der Waals surface area contributed by atoms with Crippen LogP contribution in [0.2, 0.25) is 0 Å². The minimum Gasteiger partial charge on any atom is -0.340 e. The Bertz CT molecular complexity index is 563. The highest BCUT2D eigenvalue weighted by Crippen LogP contribution is 2.15. The van der Waals surface area contributed by atoms with E-state index < -0.39 is 6.04 Å². The van der Waals surface area contributed by atoms with Gasteiger partial charge in [-0.1, -0.05) is 60.2 Å². The first-order valence-electron chi connectivity index (χ1n) is 6.69. The van der Waals surface area contributed by atoms with E-state index in [9.17, 15) is 4.79 Å². The summed E-state index contributed by atoms with van der Waals surface area (Å²) in [4.78, 5) is 14.0. The van der Waals surface area contributed by atoms with Crippen molar-refractivity contribution in [2.45, 2.75) is 19.5 Å². The van der Waals surface area contributed by atoms with Crippen molar-refractivity contribution in [3.8, 4) is 0 Å². The summed E-state index contributed by atoms with van der Waals surface area (Å²) >= 11 is 0. The van der Waals surface area contributed by atoms with Crippen LogP contribution >= 0.6 is 0 Å². The van der Waals surface area contributed by atoms with Gasteiger partial charge < -0.3 is 10.6 Å². The molecule has 0 aliphatic rings. The summed E-state index contributed by atoms with van der Waals surface area (Å²) in [6, 6.07) is 17.1. The van der Waals surface area contributed by atoms with Gasteiger partial charge in [-0.05, 0) is 18.1 Å². The van der Waals surface area contributed by atoms with Crippen molar-refractivity contribution in [2.75, 3.05) is 7.05 Å². The van der Waals surface area contributed by atoms with Crippen LogP contribution in [0, 0.1) is 6.92 Å². The van der Waals surface area contributed by atoms with E-state index in [-0.39, 0.29) is 5.91 Å². The first-order valence-corrected chi connectivity index (χ1v) is 6.69. The van der Waals surface area contributed by atoms with Crippen LogP contribution in [0.1, 0.15) is 22.7 Å². The van der Waals surface area contributed by atoms with Crippen LogP contribution in [0.25, 0.3) is 0 Å². The van der Waals surface area contributed by atoms with Gasteiger partial charge in [0.1, 0.15) is 6.04 Å². The molecule has 0 saturated carbocycles. The third-order valence-corrected chi connectivity index (χ3v) is 3.34. The second-order valence-corrected chi connectivity index (χ2v) is 5.07. The van der Waals surface area contributed by atoms with Crippen molar-refractivity contribution in [3.63, 3.8) is 0 Å². The lowest BCUT2D eigenvalue weighted by atomic mass is 10.0. The molecule has 104 valence electrons. The summed E-state index contributed by atoms with van der Waals surface area (Å²) in [6.07, 6.45) is 0. The molecule has 0 radical (unpaired) electrons. The van der Waals surface area contributed by atoms with E-state index in [1.165, 1.54) is 0 Å². The first kappa shape index (κ1) is 14.3. The molecule has 0 fully saturated rings. The Morgan fingerprint density at radius 2 is 1.70 bits per heavy atom. The highest BCUT2D eigenvalue weighted by Gasteiger charge is 2.19. The third kappa shape index (κ3) is 3.45. The van der Waals surface area contributed by atoms with Crippen LogP contribution in [-0.4, -0.2) is 17.9 Å². The predicted octanol–water partition coefficient (Wildman–Crippen LogP) is 2.65. The van der Waals surface area contributed by atoms with Crippen LogP contribution in [-0.2, 0) is 11.3 Å². The van der Waals surface area contributed by atoms with E-state index >= 15 is 0 Å². The van der Waals surface area contributed by atoms with Gasteiger partial charge in [0.2, 0.25) is 5.91 Å². The fourth-order valence-corrected chi connectivity index (χ4v) is 2.09. The topological polar surface area (TPSA) is 46.3 Å². The van der Waals surface area contributed by atoms with Gasteiger partial charge in [0.05, 0.1) is 0 Å². The van der Waals surface area contributed by atoms with Gasteiger partial charge in [-0.3, -0.25) is 4.79 Å². The van der Waals surface area contributed by atoms with Crippen molar-refractivity contribution < 1.29 is 4.79 Å². The van der Waals surface area contributed by atoms with Crippen LogP contribution in [0.15, 0.2) is 54.6 Å². The van der Waals surface area contributed by atoms with Crippen molar-refractivity contribution in [1.82, 2.24) is 4.90 Å². The molecular formula is C17H20N2O. The molecule has 1 unspecified atom stereocenters. The van der Waals surface area contributed by atoms with Crippen LogP contribution < -0.4 is 5.73 Å². The summed E-state index contributed by atoms with van der Waals surface area (Å²) < 4.78 is 0. The SMILES string of the molecule is Cc1ccc(C(N)C(=O)N(C)Cc2ccccc2)cc1. The Morgan fingerprint density at radius 1 is 1.10 bits per heavy atom. The van der Waals surface area contributed by atoms with Gasteiger partial charge in [0, 0.05) is 13.6 Å². The molecule has 0 spiro atoms. The first-order chi connectivity index (χ1) is 9.58. The average molecular weight is 268 g/mol. The summed E-state index contributed by atoms with van der Waals surface area (Å²) in [6.45, 7) is 2.58. The molecule has 1 atom stereocenters. The zero-order valence-corrected chi connectivity index (χ0v) is 11.9. The minimum absolute atomic E-state index is 0.0716. The zero-order valence-electron chi connectivity index (χ0n) is 11.9. The van der Waals surface area contributed by atoms with Gasteiger partial charge in [-0.25, -0.2) is 0 Å². The monoisotopic (exact) mass is 268 g/mol. The second-order valence-electron chi connectivity index (χ2n) is 5.07. The number of amides is 1. The molecule has 2 N–H and O–H groups in total. The van der Waals surface area contributed by atoms with E-state index in [0.29, 0.717) is 6.54 Å². The number of likely N-dealkylation sites (N-methyl/N-ethyl adjacent to an activating group) is 1. The Balaban J connectivity index is 2.04. The molecule has 0 bridgehead atoms. The van der Waals surface area contributed by atoms with Gasteiger partial charge in [0.25, 0.3) is 0 Å². The third-order valence-electron chi connectivity index (χ3n) is 3.34. The predicted molar refractivity (Wildman–Crippen MR) is 81.0 cm³/mol. The van der Waals surface area contributed by atoms with Crippen LogP contribution in [0.4, 0.5) is 0 Å². The highest BCUT2D eigenvalue weighted by atomic mass is 16.2. The molecular weight excluding hydrogens is 248 g/mol. The van der Waals surface area contributed by atoms with Crippen molar-refractivity contribution in [2.24, 2.45) is 5.73 Å². The number of carbonyl (C=O) groups is 1. The average Bonchev–Trinajstić information content (AvgIpc) is 2.47. The van der Waals surface area contributed by atoms with E-state index in [1.807, 2.05) is 61.5 Å². The van der Waals surface area contributed by atoms with Gasteiger partial charge >= 0.3 is 0 Å². The lowest BCUT2D eigenvalue weighted by molar-refractivity contribution is -0.131. The largest absolute Gasteiger partial charge is 0.340 e. The fourth-order valence-electron chi connectivity index (χ4n) is 2.09. The molecule has 0 saturated heterocycles. The summed E-state index contributed by atoms with van der Waals surface area (Å²) in [5.41, 5.74) is 9.15. The lowest BCUT2D eigenvalue weighted by Gasteiger charge is -2.21. The molecule has 3 nitrogen and oxygen atoms in total. The Labute approximate surface area is 120 Å². The molecule has 0 aliphatic heterocycles. The molecule has 0 aromatic heterocycles. The molecule has 2 aromatic carbocycles. The van der Waals surface area contributed by atoms with Crippen LogP contribution in [0.5, 0.6) is 0 Å². The highest BCUT2D eigenvalue weighted by molar-refractivity contribution is 5.82. The number of benzene rings is 2. The molecule has 2 rings (SSSR count). The zero-order chi connectivity index (χ0) is 14.5. The Kier molecular flexibility index (Phi) is 4.53. The van der Waals surface area contributed by atoms with E-state index in [1.54, 1.807) is 11.9 Å². The Hall–Kier alpha value is -2.13. The van der Waals surface area contributed by atoms with Crippen LogP contribution in [0.3, 0.4) is 0 Å². The molecule has 3 heteroatoms. The fraction of sp³-hybridized carbons (Fsp3) is 0.235. The van der Waals surface area contributed by atoms with Crippen molar-refractivity contribution in [3.05, 3.63) is 71.3 Å². The molecule has 20 heavy (non-hydrogen) atoms. The molecule has 0 aliphatic carbocycles. The van der Waals surface area contributed by atoms with Crippen molar-refractivity contribution in [1.29, 1.82) is 0 Å². The summed E-state index contributed by atoms with van der Waals surface area (Å²) in [7, 11) is 1.78. The number of rotatable bonds is 4. The number of hydrogen-bond acceptors (Lipinski definition) is 2. The molecule has 2 aromatic rings. The Morgan fingerprint density at radius 3 is 2.30 bits per heavy atom. The number of hydrogen-bond donors (Lipinski definition) is 1. The quantitative estimate of drug-likeness (QED) is 0.926. The van der Waals surface area contributed by atoms with Gasteiger partial charge in [-0.2, -0.15) is 0 Å². The number of aryl methyl sites for hydroxylation is 1. The van der Waals surface area contributed by atoms with Gasteiger partial charge in [0.15, 0.2) is 0 Å². The van der Waals surface area contributed by atoms with E-state index in [4.69, 9.17) is 5.73 Å². The maximum Gasteiger partial charge on any atom is 0.244 e. The van der Waals surface area contributed by atoms with Gasteiger partial charge in [-0.15, -0.1) is 0 Å². The van der Waals surface area contributed by atoms with E-state index in [2.05, 4.69) is 0 Å². The number of carbonyl (C=O) groups excluding carboxylic acids is 1. The van der Waals surface area contributed by atoms with E-state index in [0.717, 1.165) is 16.7 Å². The van der Waals surface area contributed by atoms with Crippen molar-refractivity contribution >= 4 is 5.91 Å². The lowest BCUT2D eigenvalue weighted by Crippen LogP contribution is -2.35. The summed E-state index contributed by atoms with van der Waals surface area (Å²) in [5, 5.41) is 0. The summed E-state index contributed by atoms with van der Waals surface area (Å²) in [5.74, 6) is -0.0716. The normalized spacial score (nSPS) is 11.9. The smallest absolute Gasteiger partial charge is 0.244 e. The number of nitrogens with zero attached hydrogens (tertiary/aromatic N) is 1. The molecule has 1 amide bonds. The molecule has 0 heterocycles. The second kappa shape index (κ2) is 6.35. The number of nitrogens with two attached hydrogens (primary N) is 1. The minimum atomic E-state index is -0.607. The standard InChI is InChI=1S/C17H20N2O/c1-13-8-10-15(11-9-13)16(18)17(20)19(2)12-14-6-4-3-5-7-14/h3-11,16H,12,18H2,1-2H3.